The standard InChI is InChI=1S/C7H7F2NO2/c1-6(10(11)12)7(9)4-2-3-5-8/h2-4H,1,5H2/b3-2-,7-4+. The van der Waals surface area contributed by atoms with E-state index in [1.807, 2.05) is 0 Å². The third-order valence-electron chi connectivity index (χ3n) is 0.964. The molecule has 0 fully saturated rings. The highest BCUT2D eigenvalue weighted by molar-refractivity contribution is 5.20. The van der Waals surface area contributed by atoms with Crippen LogP contribution in [-0.2, 0) is 0 Å². The molecule has 0 saturated heterocycles. The Balaban J connectivity index is 4.28. The summed E-state index contributed by atoms with van der Waals surface area (Å²) < 4.78 is 23.9. The highest BCUT2D eigenvalue weighted by Crippen LogP contribution is 2.09. The number of hydrogen-bond donors (Lipinski definition) is 0. The second kappa shape index (κ2) is 5.17. The van der Waals surface area contributed by atoms with Gasteiger partial charge in [0, 0.05) is 0 Å². The van der Waals surface area contributed by atoms with Gasteiger partial charge in [-0.3, -0.25) is 10.1 Å². The average Bonchev–Trinajstić information content (AvgIpc) is 2.03. The third-order valence-corrected chi connectivity index (χ3v) is 0.964. The molecule has 0 aromatic heterocycles. The molecule has 0 radical (unpaired) electrons. The van der Waals surface area contributed by atoms with Crippen molar-refractivity contribution in [3.8, 4) is 0 Å². The van der Waals surface area contributed by atoms with Gasteiger partial charge in [-0.15, -0.1) is 0 Å². The van der Waals surface area contributed by atoms with Crippen molar-refractivity contribution in [2.75, 3.05) is 6.67 Å². The lowest BCUT2D eigenvalue weighted by atomic mass is 10.3. The van der Waals surface area contributed by atoms with Gasteiger partial charge in [0.1, 0.15) is 6.67 Å². The van der Waals surface area contributed by atoms with Gasteiger partial charge in [-0.25, -0.2) is 4.39 Å². The van der Waals surface area contributed by atoms with E-state index >= 15 is 0 Å². The van der Waals surface area contributed by atoms with Crippen LogP contribution in [0.4, 0.5) is 8.78 Å². The number of hydrogen-bond acceptors (Lipinski definition) is 2. The number of allylic oxidation sites excluding steroid dienone is 4. The first-order valence-electron chi connectivity index (χ1n) is 3.01. The van der Waals surface area contributed by atoms with E-state index in [1.54, 1.807) is 0 Å². The molecule has 0 saturated carbocycles. The lowest BCUT2D eigenvalue weighted by molar-refractivity contribution is -0.422. The van der Waals surface area contributed by atoms with Crippen LogP contribution in [0.3, 0.4) is 0 Å². The molecule has 0 amide bonds. The van der Waals surface area contributed by atoms with Crippen LogP contribution in [0.15, 0.2) is 36.3 Å². The first-order valence-corrected chi connectivity index (χ1v) is 3.01. The van der Waals surface area contributed by atoms with Crippen LogP contribution < -0.4 is 0 Å². The Kier molecular flexibility index (Phi) is 4.52. The summed E-state index contributed by atoms with van der Waals surface area (Å²) in [4.78, 5) is 8.95. The van der Waals surface area contributed by atoms with E-state index in [0.717, 1.165) is 18.2 Å². The van der Waals surface area contributed by atoms with Crippen molar-refractivity contribution in [2.24, 2.45) is 0 Å². The molecule has 0 N–H and O–H groups in total. The van der Waals surface area contributed by atoms with Crippen molar-refractivity contribution in [1.82, 2.24) is 0 Å². The number of rotatable bonds is 4. The van der Waals surface area contributed by atoms with Gasteiger partial charge in [0.25, 0.3) is 5.70 Å². The molecule has 66 valence electrons. The van der Waals surface area contributed by atoms with Gasteiger partial charge in [-0.2, -0.15) is 4.39 Å². The Morgan fingerprint density at radius 1 is 1.67 bits per heavy atom. The van der Waals surface area contributed by atoms with Gasteiger partial charge in [-0.05, 0) is 12.7 Å². The van der Waals surface area contributed by atoms with Crippen molar-refractivity contribution in [3.05, 3.63) is 46.4 Å². The van der Waals surface area contributed by atoms with Gasteiger partial charge in [0.05, 0.1) is 4.92 Å². The molecule has 0 spiro atoms. The van der Waals surface area contributed by atoms with Gasteiger partial charge in [0.15, 0.2) is 5.83 Å². The van der Waals surface area contributed by atoms with Crippen molar-refractivity contribution in [2.45, 2.75) is 0 Å². The number of nitro groups is 1. The van der Waals surface area contributed by atoms with Gasteiger partial charge in [-0.1, -0.05) is 12.2 Å². The summed E-state index contributed by atoms with van der Waals surface area (Å²) in [5.41, 5.74) is -0.835. The maximum Gasteiger partial charge on any atom is 0.297 e. The minimum absolute atomic E-state index is 0.741. The monoisotopic (exact) mass is 175 g/mol. The van der Waals surface area contributed by atoms with Crippen LogP contribution in [0.2, 0.25) is 0 Å². The van der Waals surface area contributed by atoms with Crippen LogP contribution in [0, 0.1) is 10.1 Å². The Morgan fingerprint density at radius 2 is 2.25 bits per heavy atom. The molecule has 0 aliphatic rings. The summed E-state index contributed by atoms with van der Waals surface area (Å²) in [7, 11) is 0. The highest BCUT2D eigenvalue weighted by Gasteiger charge is 2.11. The summed E-state index contributed by atoms with van der Waals surface area (Å²) in [6.07, 6.45) is 2.85. The lowest BCUT2D eigenvalue weighted by Gasteiger charge is -1.89. The predicted octanol–water partition coefficient (Wildman–Crippen LogP) is 2.16. The predicted molar refractivity (Wildman–Crippen MR) is 40.4 cm³/mol. The van der Waals surface area contributed by atoms with Gasteiger partial charge in [0.2, 0.25) is 0 Å². The third kappa shape index (κ3) is 3.60. The maximum absolute atomic E-state index is 12.5. The first-order chi connectivity index (χ1) is 5.59. The summed E-state index contributed by atoms with van der Waals surface area (Å²) in [6, 6.07) is 0. The van der Waals surface area contributed by atoms with Crippen molar-refractivity contribution in [3.63, 3.8) is 0 Å². The summed E-state index contributed by atoms with van der Waals surface area (Å²) >= 11 is 0. The molecule has 12 heavy (non-hydrogen) atoms. The topological polar surface area (TPSA) is 43.1 Å². The zero-order chi connectivity index (χ0) is 9.56. The molecule has 0 atom stereocenters. The number of halogens is 2. The molecule has 0 bridgehead atoms. The minimum Gasteiger partial charge on any atom is -0.258 e. The van der Waals surface area contributed by atoms with Crippen LogP contribution in [0.5, 0.6) is 0 Å². The first kappa shape index (κ1) is 10.5. The molecular weight excluding hydrogens is 168 g/mol. The second-order valence-corrected chi connectivity index (χ2v) is 1.80. The molecule has 5 heteroatoms. The van der Waals surface area contributed by atoms with Crippen molar-refractivity contribution < 1.29 is 13.7 Å². The molecule has 0 aliphatic heterocycles. The lowest BCUT2D eigenvalue weighted by Crippen LogP contribution is -1.96. The summed E-state index contributed by atoms with van der Waals surface area (Å²) in [5, 5.41) is 9.90. The van der Waals surface area contributed by atoms with E-state index in [-0.39, 0.29) is 0 Å². The molecule has 0 aromatic carbocycles. The molecule has 0 unspecified atom stereocenters. The largest absolute Gasteiger partial charge is 0.297 e. The quantitative estimate of drug-likeness (QED) is 0.373. The highest BCUT2D eigenvalue weighted by atomic mass is 19.1. The number of nitrogens with zero attached hydrogens (tertiary/aromatic N) is 1. The van der Waals surface area contributed by atoms with Crippen LogP contribution in [0.25, 0.3) is 0 Å². The summed E-state index contributed by atoms with van der Waals surface area (Å²) in [5.74, 6) is -1.08. The Hall–Kier alpha value is -1.52. The Bertz CT molecular complexity index is 246. The molecule has 0 rings (SSSR count). The smallest absolute Gasteiger partial charge is 0.258 e. The normalized spacial score (nSPS) is 12.0. The fraction of sp³-hybridized carbons (Fsp3) is 0.143. The van der Waals surface area contributed by atoms with E-state index in [2.05, 4.69) is 6.58 Å². The Labute approximate surface area is 67.8 Å². The SMILES string of the molecule is C=C(/C(F)=C\C=C/CF)[N+](=O)[O-]. The van der Waals surface area contributed by atoms with Crippen LogP contribution >= 0.6 is 0 Å². The number of alkyl halides is 1. The fourth-order valence-corrected chi connectivity index (χ4v) is 0.387. The fourth-order valence-electron chi connectivity index (χ4n) is 0.387. The molecule has 0 heterocycles. The molecule has 0 aliphatic carbocycles. The van der Waals surface area contributed by atoms with Crippen molar-refractivity contribution >= 4 is 0 Å². The second-order valence-electron chi connectivity index (χ2n) is 1.80. The molecule has 0 aromatic rings. The zero-order valence-electron chi connectivity index (χ0n) is 6.17. The molecular formula is C7H7F2NO2. The van der Waals surface area contributed by atoms with E-state index in [0.29, 0.717) is 0 Å². The van der Waals surface area contributed by atoms with E-state index < -0.39 is 23.1 Å². The summed E-state index contributed by atoms with van der Waals surface area (Å²) in [6.45, 7) is 2.12. The Morgan fingerprint density at radius 3 is 2.67 bits per heavy atom. The zero-order valence-corrected chi connectivity index (χ0v) is 6.17. The van der Waals surface area contributed by atoms with Gasteiger partial charge >= 0.3 is 0 Å². The minimum atomic E-state index is -1.08. The molecule has 3 nitrogen and oxygen atoms in total. The van der Waals surface area contributed by atoms with E-state index in [4.69, 9.17) is 0 Å². The van der Waals surface area contributed by atoms with E-state index in [9.17, 15) is 18.9 Å². The van der Waals surface area contributed by atoms with Gasteiger partial charge < -0.3 is 0 Å². The van der Waals surface area contributed by atoms with E-state index in [1.165, 1.54) is 0 Å². The maximum atomic E-state index is 12.5. The van der Waals surface area contributed by atoms with Crippen LogP contribution in [0.1, 0.15) is 0 Å². The van der Waals surface area contributed by atoms with Crippen molar-refractivity contribution in [1.29, 1.82) is 0 Å². The average molecular weight is 175 g/mol. The van der Waals surface area contributed by atoms with Crippen LogP contribution in [-0.4, -0.2) is 11.6 Å².